The number of aromatic nitrogens is 3. The fourth-order valence-electron chi connectivity index (χ4n) is 1.97. The zero-order chi connectivity index (χ0) is 15.7. The first-order valence-corrected chi connectivity index (χ1v) is 9.81. The van der Waals surface area contributed by atoms with Crippen molar-refractivity contribution in [1.82, 2.24) is 14.8 Å². The Kier molecular flexibility index (Phi) is 3.88. The molecular formula is C14H16N4O2S2. The minimum absolute atomic E-state index is 0.491. The molecule has 0 atom stereocenters. The summed E-state index contributed by atoms with van der Waals surface area (Å²) < 4.78 is 23.2. The van der Waals surface area contributed by atoms with Crippen LogP contribution in [0.4, 0.5) is 5.69 Å². The third kappa shape index (κ3) is 3.45. The van der Waals surface area contributed by atoms with Gasteiger partial charge in [-0.2, -0.15) is 9.46 Å². The van der Waals surface area contributed by atoms with Gasteiger partial charge in [0.25, 0.3) is 0 Å². The third-order valence-electron chi connectivity index (χ3n) is 2.88. The van der Waals surface area contributed by atoms with Gasteiger partial charge >= 0.3 is 0 Å². The maximum absolute atomic E-state index is 11.7. The van der Waals surface area contributed by atoms with E-state index in [-0.39, 0.29) is 0 Å². The molecule has 0 aromatic carbocycles. The van der Waals surface area contributed by atoms with Crippen LogP contribution in [0.25, 0.3) is 10.8 Å². The van der Waals surface area contributed by atoms with E-state index in [0.717, 1.165) is 16.3 Å². The van der Waals surface area contributed by atoms with Crippen LogP contribution in [0.5, 0.6) is 0 Å². The molecule has 3 aromatic heterocycles. The average molecular weight is 336 g/mol. The Morgan fingerprint density at radius 2 is 2.27 bits per heavy atom. The van der Waals surface area contributed by atoms with Crippen molar-refractivity contribution >= 4 is 26.8 Å². The van der Waals surface area contributed by atoms with Crippen LogP contribution < -0.4 is 0 Å². The Balaban J connectivity index is 1.84. The number of thiophene rings is 1. The summed E-state index contributed by atoms with van der Waals surface area (Å²) in [6.45, 7) is 2.38. The van der Waals surface area contributed by atoms with Crippen molar-refractivity contribution in [3.05, 3.63) is 41.4 Å². The molecule has 0 bridgehead atoms. The number of hydrogen-bond donors (Lipinski definition) is 0. The molecule has 3 aromatic rings. The zero-order valence-corrected chi connectivity index (χ0v) is 14.1. The molecule has 0 saturated carbocycles. The molecule has 0 spiro atoms. The van der Waals surface area contributed by atoms with Gasteiger partial charge < -0.3 is 4.42 Å². The predicted molar refractivity (Wildman–Crippen MR) is 88.0 cm³/mol. The Bertz CT molecular complexity index is 891. The van der Waals surface area contributed by atoms with Crippen LogP contribution in [0.1, 0.15) is 11.5 Å². The van der Waals surface area contributed by atoms with Crippen LogP contribution >= 0.6 is 11.3 Å². The monoisotopic (exact) mass is 336 g/mol. The molecule has 0 amide bonds. The topological polar surface area (TPSA) is 73.3 Å². The molecule has 0 aliphatic carbocycles. The average Bonchev–Trinajstić information content (AvgIpc) is 3.10. The maximum atomic E-state index is 11.7. The molecule has 3 heterocycles. The Labute approximate surface area is 133 Å². The fourth-order valence-corrected chi connectivity index (χ4v) is 3.22. The molecule has 8 heteroatoms. The quantitative estimate of drug-likeness (QED) is 0.732. The molecule has 22 heavy (non-hydrogen) atoms. The SMILES string of the molecule is Cc1oc(-c2cccs2)nc1Cn1cc(N=S(C)(C)=O)cn1. The number of hydrogen-bond acceptors (Lipinski definition) is 6. The van der Waals surface area contributed by atoms with Crippen molar-refractivity contribution in [3.8, 4) is 10.8 Å². The molecule has 0 radical (unpaired) electrons. The van der Waals surface area contributed by atoms with Crippen molar-refractivity contribution in [2.24, 2.45) is 4.36 Å². The zero-order valence-electron chi connectivity index (χ0n) is 12.5. The van der Waals surface area contributed by atoms with Gasteiger partial charge in [-0.15, -0.1) is 11.3 Å². The maximum Gasteiger partial charge on any atom is 0.236 e. The van der Waals surface area contributed by atoms with Crippen LogP contribution in [0.2, 0.25) is 0 Å². The second kappa shape index (κ2) is 5.69. The second-order valence-electron chi connectivity index (χ2n) is 5.17. The van der Waals surface area contributed by atoms with Gasteiger partial charge in [0.05, 0.1) is 23.8 Å². The van der Waals surface area contributed by atoms with Crippen LogP contribution in [0, 0.1) is 6.92 Å². The van der Waals surface area contributed by atoms with Gasteiger partial charge in [-0.05, 0) is 18.4 Å². The summed E-state index contributed by atoms with van der Waals surface area (Å²) in [5, 5.41) is 6.22. The van der Waals surface area contributed by atoms with E-state index >= 15 is 0 Å². The van der Waals surface area contributed by atoms with Gasteiger partial charge in [-0.1, -0.05) is 6.07 Å². The molecule has 0 unspecified atom stereocenters. The molecule has 0 aliphatic heterocycles. The predicted octanol–water partition coefficient (Wildman–Crippen LogP) is 3.32. The summed E-state index contributed by atoms with van der Waals surface area (Å²) in [4.78, 5) is 5.53. The summed E-state index contributed by atoms with van der Waals surface area (Å²) >= 11 is 1.59. The first kappa shape index (κ1) is 15.0. The lowest BCUT2D eigenvalue weighted by molar-refractivity contribution is 0.537. The van der Waals surface area contributed by atoms with Crippen molar-refractivity contribution in [2.75, 3.05) is 12.5 Å². The van der Waals surface area contributed by atoms with E-state index in [2.05, 4.69) is 14.4 Å². The van der Waals surface area contributed by atoms with Crippen LogP contribution in [-0.4, -0.2) is 31.5 Å². The Hall–Kier alpha value is -1.93. The standard InChI is InChI=1S/C14H16N4O2S2/c1-10-12(16-14(20-10)13-5-4-6-21-13)9-18-8-11(7-15-18)17-22(2,3)19/h4-8H,9H2,1-3H3. The number of rotatable bonds is 4. The number of oxazole rings is 1. The lowest BCUT2D eigenvalue weighted by atomic mass is 10.3. The molecular weight excluding hydrogens is 320 g/mol. The summed E-state index contributed by atoms with van der Waals surface area (Å²) in [7, 11) is -2.18. The number of aryl methyl sites for hydroxylation is 1. The lowest BCUT2D eigenvalue weighted by Crippen LogP contribution is -2.01. The normalized spacial score (nSPS) is 11.8. The van der Waals surface area contributed by atoms with Crippen molar-refractivity contribution in [3.63, 3.8) is 0 Å². The first-order valence-electron chi connectivity index (χ1n) is 6.60. The summed E-state index contributed by atoms with van der Waals surface area (Å²) in [6.07, 6.45) is 6.55. The highest BCUT2D eigenvalue weighted by molar-refractivity contribution is 7.92. The highest BCUT2D eigenvalue weighted by atomic mass is 32.2. The number of nitrogens with zero attached hydrogens (tertiary/aromatic N) is 4. The van der Waals surface area contributed by atoms with Crippen LogP contribution in [0.3, 0.4) is 0 Å². The smallest absolute Gasteiger partial charge is 0.236 e. The van der Waals surface area contributed by atoms with Crippen molar-refractivity contribution in [2.45, 2.75) is 13.5 Å². The van der Waals surface area contributed by atoms with Crippen molar-refractivity contribution in [1.29, 1.82) is 0 Å². The van der Waals surface area contributed by atoms with E-state index in [4.69, 9.17) is 4.42 Å². The van der Waals surface area contributed by atoms with Crippen LogP contribution in [-0.2, 0) is 16.3 Å². The molecule has 0 aliphatic rings. The van der Waals surface area contributed by atoms with Crippen LogP contribution in [0.15, 0.2) is 38.7 Å². The molecule has 6 nitrogen and oxygen atoms in total. The van der Waals surface area contributed by atoms with Gasteiger partial charge in [-0.25, -0.2) is 9.19 Å². The minimum Gasteiger partial charge on any atom is -0.440 e. The van der Waals surface area contributed by atoms with E-state index in [1.807, 2.05) is 24.4 Å². The summed E-state index contributed by atoms with van der Waals surface area (Å²) in [5.41, 5.74) is 1.43. The molecule has 0 saturated heterocycles. The molecule has 0 fully saturated rings. The van der Waals surface area contributed by atoms with Gasteiger partial charge in [0.15, 0.2) is 0 Å². The fraction of sp³-hybridized carbons (Fsp3) is 0.286. The molecule has 0 N–H and O–H groups in total. The lowest BCUT2D eigenvalue weighted by Gasteiger charge is -1.97. The van der Waals surface area contributed by atoms with Gasteiger partial charge in [0.1, 0.15) is 17.1 Å². The van der Waals surface area contributed by atoms with E-state index in [0.29, 0.717) is 18.1 Å². The summed E-state index contributed by atoms with van der Waals surface area (Å²) in [6, 6.07) is 3.94. The Morgan fingerprint density at radius 1 is 1.45 bits per heavy atom. The first-order chi connectivity index (χ1) is 10.4. The van der Waals surface area contributed by atoms with Crippen molar-refractivity contribution < 1.29 is 8.63 Å². The highest BCUT2D eigenvalue weighted by Gasteiger charge is 2.13. The van der Waals surface area contributed by atoms with Gasteiger partial charge in [0, 0.05) is 22.2 Å². The Morgan fingerprint density at radius 3 is 2.95 bits per heavy atom. The van der Waals surface area contributed by atoms with Gasteiger partial charge in [0.2, 0.25) is 5.89 Å². The molecule has 3 rings (SSSR count). The highest BCUT2D eigenvalue weighted by Crippen LogP contribution is 2.26. The largest absolute Gasteiger partial charge is 0.440 e. The minimum atomic E-state index is -2.18. The van der Waals surface area contributed by atoms with E-state index in [9.17, 15) is 4.21 Å². The molecule has 116 valence electrons. The van der Waals surface area contributed by atoms with Gasteiger partial charge in [-0.3, -0.25) is 4.68 Å². The van der Waals surface area contributed by atoms with E-state index in [1.165, 1.54) is 0 Å². The third-order valence-corrected chi connectivity index (χ3v) is 4.39. The second-order valence-corrected chi connectivity index (χ2v) is 8.66. The van der Waals surface area contributed by atoms with E-state index in [1.54, 1.807) is 40.9 Å². The summed E-state index contributed by atoms with van der Waals surface area (Å²) in [5.74, 6) is 1.40. The van der Waals surface area contributed by atoms with E-state index < -0.39 is 9.73 Å².